The third kappa shape index (κ3) is 7.28. The van der Waals surface area contributed by atoms with Crippen molar-refractivity contribution < 1.29 is 13.2 Å². The van der Waals surface area contributed by atoms with Crippen LogP contribution in [0.15, 0.2) is 91.5 Å². The zero-order valence-electron chi connectivity index (χ0n) is 26.0. The summed E-state index contributed by atoms with van der Waals surface area (Å²) in [4.78, 5) is 7.24. The minimum Gasteiger partial charge on any atom is -0.366 e. The van der Waals surface area contributed by atoms with Gasteiger partial charge in [-0.05, 0) is 77.9 Å². The average Bonchev–Trinajstić information content (AvgIpc) is 3.39. The maximum absolute atomic E-state index is 13.3. The van der Waals surface area contributed by atoms with E-state index < -0.39 is 11.7 Å². The van der Waals surface area contributed by atoms with Gasteiger partial charge in [0.05, 0.1) is 22.7 Å². The van der Waals surface area contributed by atoms with E-state index in [-0.39, 0.29) is 12.6 Å². The van der Waals surface area contributed by atoms with Gasteiger partial charge in [0.15, 0.2) is 0 Å². The maximum atomic E-state index is 13.3. The van der Waals surface area contributed by atoms with Gasteiger partial charge in [-0.1, -0.05) is 87.6 Å². The van der Waals surface area contributed by atoms with E-state index in [1.54, 1.807) is 6.07 Å². The molecular weight excluding hydrogens is 581 g/mol. The maximum Gasteiger partial charge on any atom is 0.416 e. The number of aromatic nitrogens is 1. The summed E-state index contributed by atoms with van der Waals surface area (Å²) in [5.74, 6) is 1.37. The zero-order valence-corrected chi connectivity index (χ0v) is 26.0. The molecule has 1 aliphatic carbocycles. The van der Waals surface area contributed by atoms with Gasteiger partial charge in [-0.2, -0.15) is 18.4 Å². The van der Waals surface area contributed by atoms with Crippen LogP contribution in [0.25, 0.3) is 27.7 Å². The number of halogens is 3. The molecule has 1 saturated carbocycles. The van der Waals surface area contributed by atoms with Crippen LogP contribution < -0.4 is 5.32 Å². The molecular formula is C39H39F3N4. The Morgan fingerprint density at radius 3 is 2.43 bits per heavy atom. The summed E-state index contributed by atoms with van der Waals surface area (Å²) < 4.78 is 40.0. The van der Waals surface area contributed by atoms with Crippen LogP contribution in [0.2, 0.25) is 0 Å². The molecule has 236 valence electrons. The smallest absolute Gasteiger partial charge is 0.366 e. The van der Waals surface area contributed by atoms with Crippen LogP contribution in [0.3, 0.4) is 0 Å². The monoisotopic (exact) mass is 620 g/mol. The lowest BCUT2D eigenvalue weighted by molar-refractivity contribution is -0.137. The Labute approximate surface area is 269 Å². The number of hydrogen-bond acceptors (Lipinski definition) is 4. The Morgan fingerprint density at radius 1 is 0.935 bits per heavy atom. The van der Waals surface area contributed by atoms with Crippen LogP contribution in [0.1, 0.15) is 73.6 Å². The first-order chi connectivity index (χ1) is 22.3. The molecule has 1 aliphatic heterocycles. The van der Waals surface area contributed by atoms with E-state index in [1.165, 1.54) is 57.1 Å². The zero-order chi connectivity index (χ0) is 32.1. The van der Waals surface area contributed by atoms with Crippen LogP contribution in [-0.2, 0) is 12.7 Å². The topological polar surface area (TPSA) is 52.0 Å². The van der Waals surface area contributed by atoms with Gasteiger partial charge in [-0.25, -0.2) is 4.98 Å². The molecule has 2 heterocycles. The summed E-state index contributed by atoms with van der Waals surface area (Å²) in [5.41, 5.74) is 5.07. The minimum absolute atomic E-state index is 0.201. The van der Waals surface area contributed by atoms with Crippen molar-refractivity contribution in [1.82, 2.24) is 9.88 Å². The fourth-order valence-electron chi connectivity index (χ4n) is 6.87. The largest absolute Gasteiger partial charge is 0.416 e. The second-order valence-corrected chi connectivity index (χ2v) is 12.6. The van der Waals surface area contributed by atoms with E-state index in [9.17, 15) is 18.4 Å². The predicted octanol–water partition coefficient (Wildman–Crippen LogP) is 10.4. The SMILES string of the molecule is C=C(c1cc(NCc2cccc(C(F)(F)F)c2)nc2ccc(-c3ccc(C#N)cc3)cc12)N1CC=C[C@H]1CCC1CCCCCC1. The summed E-state index contributed by atoms with van der Waals surface area (Å²) in [6.45, 7) is 5.59. The van der Waals surface area contributed by atoms with E-state index in [4.69, 9.17) is 4.98 Å². The van der Waals surface area contributed by atoms with Crippen molar-refractivity contribution in [3.8, 4) is 17.2 Å². The number of alkyl halides is 3. The average molecular weight is 621 g/mol. The molecule has 6 rings (SSSR count). The molecule has 1 fully saturated rings. The molecule has 3 aromatic carbocycles. The second kappa shape index (κ2) is 13.8. The molecule has 0 spiro atoms. The van der Waals surface area contributed by atoms with E-state index in [0.717, 1.165) is 58.2 Å². The molecule has 4 nitrogen and oxygen atoms in total. The lowest BCUT2D eigenvalue weighted by Crippen LogP contribution is -2.29. The predicted molar refractivity (Wildman–Crippen MR) is 180 cm³/mol. The van der Waals surface area contributed by atoms with Crippen molar-refractivity contribution in [2.75, 3.05) is 11.9 Å². The van der Waals surface area contributed by atoms with Crippen LogP contribution in [-0.4, -0.2) is 22.5 Å². The number of nitrogens with zero attached hydrogens (tertiary/aromatic N) is 3. The lowest BCUT2D eigenvalue weighted by atomic mass is 9.92. The number of pyridine rings is 1. The molecule has 46 heavy (non-hydrogen) atoms. The first kappa shape index (κ1) is 31.4. The van der Waals surface area contributed by atoms with Crippen molar-refractivity contribution >= 4 is 22.4 Å². The molecule has 0 amide bonds. The summed E-state index contributed by atoms with van der Waals surface area (Å²) in [7, 11) is 0. The highest BCUT2D eigenvalue weighted by Crippen LogP contribution is 2.36. The van der Waals surface area contributed by atoms with Crippen molar-refractivity contribution in [3.63, 3.8) is 0 Å². The highest BCUT2D eigenvalue weighted by Gasteiger charge is 2.30. The van der Waals surface area contributed by atoms with Gasteiger partial charge in [0, 0.05) is 35.8 Å². The minimum atomic E-state index is -4.40. The molecule has 1 N–H and O–H groups in total. The molecule has 1 aromatic heterocycles. The van der Waals surface area contributed by atoms with E-state index in [1.807, 2.05) is 42.5 Å². The van der Waals surface area contributed by atoms with E-state index in [0.29, 0.717) is 16.9 Å². The molecule has 0 unspecified atom stereocenters. The van der Waals surface area contributed by atoms with Gasteiger partial charge in [-0.3, -0.25) is 0 Å². The summed E-state index contributed by atoms with van der Waals surface area (Å²) in [6.07, 6.45) is 10.5. The van der Waals surface area contributed by atoms with Gasteiger partial charge >= 0.3 is 6.18 Å². The number of fused-ring (bicyclic) bond motifs is 1. The van der Waals surface area contributed by atoms with Gasteiger partial charge in [0.2, 0.25) is 0 Å². The van der Waals surface area contributed by atoms with E-state index in [2.05, 4.69) is 41.1 Å². The number of anilines is 1. The fourth-order valence-corrected chi connectivity index (χ4v) is 6.87. The van der Waals surface area contributed by atoms with Crippen molar-refractivity contribution in [2.24, 2.45) is 5.92 Å². The summed E-state index contributed by atoms with van der Waals surface area (Å²) in [5, 5.41) is 13.5. The number of benzene rings is 3. The molecule has 0 radical (unpaired) electrons. The number of rotatable bonds is 9. The molecule has 7 heteroatoms. The fraction of sp³-hybridized carbons (Fsp3) is 0.333. The Bertz CT molecular complexity index is 1760. The molecule has 1 atom stereocenters. The lowest BCUT2D eigenvalue weighted by Gasteiger charge is -2.30. The second-order valence-electron chi connectivity index (χ2n) is 12.6. The van der Waals surface area contributed by atoms with Gasteiger partial charge in [0.25, 0.3) is 0 Å². The number of nitriles is 1. The van der Waals surface area contributed by atoms with Crippen molar-refractivity contribution in [3.05, 3.63) is 114 Å². The van der Waals surface area contributed by atoms with Crippen molar-refractivity contribution in [2.45, 2.75) is 70.1 Å². The van der Waals surface area contributed by atoms with Crippen LogP contribution in [0.5, 0.6) is 0 Å². The number of hydrogen-bond donors (Lipinski definition) is 1. The Hall–Kier alpha value is -4.57. The molecule has 0 bridgehead atoms. The quantitative estimate of drug-likeness (QED) is 0.149. The van der Waals surface area contributed by atoms with Gasteiger partial charge in [0.1, 0.15) is 5.82 Å². The third-order valence-corrected chi connectivity index (χ3v) is 9.45. The first-order valence-electron chi connectivity index (χ1n) is 16.3. The standard InChI is InChI=1S/C39H39F3N4/c1-27(46-21-7-12-34(46)19-15-28-8-4-2-3-5-9-28)35-24-38(44-26-30-10-6-11-33(22-30)39(40,41)42)45-37-20-18-32(23-36(35)37)31-16-13-29(25-43)14-17-31/h6-7,10-14,16-18,20,22-24,28,34H,1-5,8-9,15,19,21,26H2,(H,44,45)/t34-/m0/s1. The van der Waals surface area contributed by atoms with Crippen LogP contribution >= 0.6 is 0 Å². The Balaban J connectivity index is 1.31. The normalized spacial score (nSPS) is 17.2. The van der Waals surface area contributed by atoms with Gasteiger partial charge < -0.3 is 10.2 Å². The van der Waals surface area contributed by atoms with Crippen LogP contribution in [0, 0.1) is 17.2 Å². The molecule has 4 aromatic rings. The van der Waals surface area contributed by atoms with Gasteiger partial charge in [-0.15, -0.1) is 0 Å². The Morgan fingerprint density at radius 2 is 1.70 bits per heavy atom. The van der Waals surface area contributed by atoms with E-state index >= 15 is 0 Å². The van der Waals surface area contributed by atoms with Crippen LogP contribution in [0.4, 0.5) is 19.0 Å². The number of nitrogens with one attached hydrogen (secondary N) is 1. The molecule has 0 saturated heterocycles. The highest BCUT2D eigenvalue weighted by molar-refractivity contribution is 5.95. The summed E-state index contributed by atoms with van der Waals surface area (Å²) in [6, 6.07) is 23.4. The highest BCUT2D eigenvalue weighted by atomic mass is 19.4. The Kier molecular flexibility index (Phi) is 9.44. The van der Waals surface area contributed by atoms with Crippen molar-refractivity contribution in [1.29, 1.82) is 5.26 Å². The molecule has 2 aliphatic rings. The summed E-state index contributed by atoms with van der Waals surface area (Å²) >= 11 is 0. The first-order valence-corrected chi connectivity index (χ1v) is 16.3. The third-order valence-electron chi connectivity index (χ3n) is 9.45.